The van der Waals surface area contributed by atoms with Gasteiger partial charge in [0.25, 0.3) is 0 Å². The molecular formula is C14H18F2N2O2. The molecule has 2 N–H and O–H groups in total. The zero-order chi connectivity index (χ0) is 14.7. The molecule has 1 aromatic carbocycles. The summed E-state index contributed by atoms with van der Waals surface area (Å²) in [5.74, 6) is -1.26. The minimum Gasteiger partial charge on any atom is -0.393 e. The Hall–Kier alpha value is -1.69. The molecule has 1 heterocycles. The Morgan fingerprint density at radius 3 is 2.35 bits per heavy atom. The number of nitrogens with one attached hydrogen (secondary N) is 1. The smallest absolute Gasteiger partial charge is 0.321 e. The van der Waals surface area contributed by atoms with E-state index in [4.69, 9.17) is 0 Å². The molecule has 1 aliphatic heterocycles. The number of halogens is 2. The summed E-state index contributed by atoms with van der Waals surface area (Å²) in [4.78, 5) is 13.6. The van der Waals surface area contributed by atoms with Crippen molar-refractivity contribution in [2.75, 3.05) is 18.4 Å². The molecule has 1 atom stereocenters. The quantitative estimate of drug-likeness (QED) is 0.877. The number of piperidine rings is 1. The van der Waals surface area contributed by atoms with Crippen molar-refractivity contribution in [1.82, 2.24) is 4.90 Å². The minimum absolute atomic E-state index is 0.102. The summed E-state index contributed by atoms with van der Waals surface area (Å²) in [6.07, 6.45) is 1.07. The first-order valence-corrected chi connectivity index (χ1v) is 6.66. The molecule has 1 saturated heterocycles. The van der Waals surface area contributed by atoms with Gasteiger partial charge in [-0.1, -0.05) is 0 Å². The number of aliphatic hydroxyl groups excluding tert-OH is 1. The van der Waals surface area contributed by atoms with Crippen LogP contribution in [0.4, 0.5) is 19.3 Å². The number of amides is 2. The first-order chi connectivity index (χ1) is 9.45. The van der Waals surface area contributed by atoms with Gasteiger partial charge < -0.3 is 15.3 Å². The predicted molar refractivity (Wildman–Crippen MR) is 71.4 cm³/mol. The second kappa shape index (κ2) is 6.17. The highest BCUT2D eigenvalue weighted by molar-refractivity contribution is 5.89. The van der Waals surface area contributed by atoms with Crippen molar-refractivity contribution in [3.63, 3.8) is 0 Å². The van der Waals surface area contributed by atoms with Crippen molar-refractivity contribution in [2.45, 2.75) is 25.9 Å². The van der Waals surface area contributed by atoms with E-state index < -0.39 is 11.6 Å². The number of hydrogen-bond donors (Lipinski definition) is 2. The van der Waals surface area contributed by atoms with Crippen LogP contribution in [0, 0.1) is 17.6 Å². The summed E-state index contributed by atoms with van der Waals surface area (Å²) in [5.41, 5.74) is 0.102. The van der Waals surface area contributed by atoms with Gasteiger partial charge in [0.1, 0.15) is 11.6 Å². The Labute approximate surface area is 116 Å². The Balaban J connectivity index is 1.92. The van der Waals surface area contributed by atoms with Gasteiger partial charge in [0.05, 0.1) is 6.10 Å². The fourth-order valence-electron chi connectivity index (χ4n) is 2.41. The van der Waals surface area contributed by atoms with E-state index in [9.17, 15) is 18.7 Å². The zero-order valence-electron chi connectivity index (χ0n) is 11.3. The average molecular weight is 284 g/mol. The number of likely N-dealkylation sites (tertiary alicyclic amines) is 1. The van der Waals surface area contributed by atoms with E-state index >= 15 is 0 Å². The van der Waals surface area contributed by atoms with E-state index in [2.05, 4.69) is 5.32 Å². The Morgan fingerprint density at radius 2 is 1.85 bits per heavy atom. The van der Waals surface area contributed by atoms with Crippen LogP contribution in [0.25, 0.3) is 0 Å². The number of rotatable bonds is 2. The number of nitrogens with zero attached hydrogens (tertiary/aromatic N) is 1. The normalized spacial score (nSPS) is 17.9. The summed E-state index contributed by atoms with van der Waals surface area (Å²) in [6.45, 7) is 2.80. The van der Waals surface area contributed by atoms with Crippen LogP contribution >= 0.6 is 0 Å². The lowest BCUT2D eigenvalue weighted by atomic mass is 9.92. The van der Waals surface area contributed by atoms with Gasteiger partial charge in [-0.25, -0.2) is 13.6 Å². The fourth-order valence-corrected chi connectivity index (χ4v) is 2.41. The van der Waals surface area contributed by atoms with E-state index in [0.29, 0.717) is 13.1 Å². The molecule has 0 saturated carbocycles. The fraction of sp³-hybridized carbons (Fsp3) is 0.500. The summed E-state index contributed by atoms with van der Waals surface area (Å²) >= 11 is 0. The van der Waals surface area contributed by atoms with Crippen LogP contribution in [0.1, 0.15) is 19.8 Å². The van der Waals surface area contributed by atoms with E-state index in [1.807, 2.05) is 0 Å². The third-order valence-corrected chi connectivity index (χ3v) is 3.62. The van der Waals surface area contributed by atoms with Gasteiger partial charge in [-0.15, -0.1) is 0 Å². The van der Waals surface area contributed by atoms with Crippen molar-refractivity contribution in [1.29, 1.82) is 0 Å². The Bertz CT molecular complexity index is 466. The summed E-state index contributed by atoms with van der Waals surface area (Å²) < 4.78 is 26.1. The topological polar surface area (TPSA) is 52.6 Å². The van der Waals surface area contributed by atoms with Crippen molar-refractivity contribution >= 4 is 11.7 Å². The molecule has 1 fully saturated rings. The van der Waals surface area contributed by atoms with Crippen LogP contribution in [0.15, 0.2) is 18.2 Å². The molecule has 0 aliphatic carbocycles. The lowest BCUT2D eigenvalue weighted by Crippen LogP contribution is -2.42. The standard InChI is InChI=1S/C14H18F2N2O2/c1-9(19)10-2-4-18(5-3-10)14(20)17-13-7-11(15)6-12(16)8-13/h6-10,19H,2-5H2,1H3,(H,17,20). The lowest BCUT2D eigenvalue weighted by Gasteiger charge is -2.33. The van der Waals surface area contributed by atoms with Crippen LogP contribution in [0.2, 0.25) is 0 Å². The van der Waals surface area contributed by atoms with E-state index in [-0.39, 0.29) is 23.7 Å². The van der Waals surface area contributed by atoms with Crippen LogP contribution in [0.3, 0.4) is 0 Å². The van der Waals surface area contributed by atoms with Gasteiger partial charge >= 0.3 is 6.03 Å². The SMILES string of the molecule is CC(O)C1CCN(C(=O)Nc2cc(F)cc(F)c2)CC1. The third kappa shape index (κ3) is 3.66. The van der Waals surface area contributed by atoms with Crippen LogP contribution < -0.4 is 5.32 Å². The highest BCUT2D eigenvalue weighted by Crippen LogP contribution is 2.21. The molecule has 0 radical (unpaired) electrons. The second-order valence-corrected chi connectivity index (χ2v) is 5.15. The molecule has 0 aromatic heterocycles. The van der Waals surface area contributed by atoms with E-state index in [1.54, 1.807) is 11.8 Å². The van der Waals surface area contributed by atoms with Crippen LogP contribution in [-0.2, 0) is 0 Å². The molecule has 1 unspecified atom stereocenters. The number of carbonyl (C=O) groups is 1. The Morgan fingerprint density at radius 1 is 1.30 bits per heavy atom. The van der Waals surface area contributed by atoms with Crippen molar-refractivity contribution < 1.29 is 18.7 Å². The van der Waals surface area contributed by atoms with Gasteiger partial charge in [0.2, 0.25) is 0 Å². The first kappa shape index (κ1) is 14.7. The van der Waals surface area contributed by atoms with Gasteiger partial charge in [-0.05, 0) is 37.8 Å². The molecule has 2 rings (SSSR count). The minimum atomic E-state index is -0.729. The predicted octanol–water partition coefficient (Wildman–Crippen LogP) is 2.59. The van der Waals surface area contributed by atoms with Gasteiger partial charge in [-0.3, -0.25) is 0 Å². The van der Waals surface area contributed by atoms with Gasteiger partial charge in [0.15, 0.2) is 0 Å². The zero-order valence-corrected chi connectivity index (χ0v) is 11.3. The molecule has 20 heavy (non-hydrogen) atoms. The first-order valence-electron chi connectivity index (χ1n) is 6.66. The maximum absolute atomic E-state index is 13.0. The van der Waals surface area contributed by atoms with Crippen molar-refractivity contribution in [3.8, 4) is 0 Å². The maximum atomic E-state index is 13.0. The average Bonchev–Trinajstić information content (AvgIpc) is 2.37. The highest BCUT2D eigenvalue weighted by atomic mass is 19.1. The maximum Gasteiger partial charge on any atom is 0.321 e. The van der Waals surface area contributed by atoms with Crippen LogP contribution in [-0.4, -0.2) is 35.2 Å². The summed E-state index contributed by atoms with van der Waals surface area (Å²) in [7, 11) is 0. The molecule has 1 aromatic rings. The van der Waals surface area contributed by atoms with Crippen LogP contribution in [0.5, 0.6) is 0 Å². The monoisotopic (exact) mass is 284 g/mol. The van der Waals surface area contributed by atoms with Gasteiger partial charge in [0, 0.05) is 24.8 Å². The van der Waals surface area contributed by atoms with Gasteiger partial charge in [-0.2, -0.15) is 0 Å². The van der Waals surface area contributed by atoms with Crippen molar-refractivity contribution in [2.24, 2.45) is 5.92 Å². The molecule has 0 bridgehead atoms. The molecule has 110 valence electrons. The highest BCUT2D eigenvalue weighted by Gasteiger charge is 2.25. The molecule has 4 nitrogen and oxygen atoms in total. The number of benzene rings is 1. The number of hydrogen-bond acceptors (Lipinski definition) is 2. The Kier molecular flexibility index (Phi) is 4.54. The second-order valence-electron chi connectivity index (χ2n) is 5.15. The molecule has 0 spiro atoms. The third-order valence-electron chi connectivity index (χ3n) is 3.62. The molecule has 2 amide bonds. The number of urea groups is 1. The number of anilines is 1. The van der Waals surface area contributed by atoms with E-state index in [0.717, 1.165) is 31.0 Å². The number of aliphatic hydroxyl groups is 1. The summed E-state index contributed by atoms with van der Waals surface area (Å²) in [6, 6.07) is 2.52. The number of carbonyl (C=O) groups excluding carboxylic acids is 1. The molecule has 6 heteroatoms. The lowest BCUT2D eigenvalue weighted by molar-refractivity contribution is 0.0820. The molecular weight excluding hydrogens is 266 g/mol. The molecule has 1 aliphatic rings. The summed E-state index contributed by atoms with van der Waals surface area (Å²) in [5, 5.41) is 12.0. The van der Waals surface area contributed by atoms with E-state index in [1.165, 1.54) is 0 Å². The largest absolute Gasteiger partial charge is 0.393 e. The van der Waals surface area contributed by atoms with Crippen molar-refractivity contribution in [3.05, 3.63) is 29.8 Å².